The van der Waals surface area contributed by atoms with Crippen LogP contribution in [0.25, 0.3) is 16.9 Å². The molecule has 4 aromatic rings. The van der Waals surface area contributed by atoms with E-state index in [1.807, 2.05) is 37.3 Å². The van der Waals surface area contributed by atoms with Crippen molar-refractivity contribution in [2.24, 2.45) is 0 Å². The number of imidazole rings is 1. The summed E-state index contributed by atoms with van der Waals surface area (Å²) in [5.74, 6) is 0.689. The van der Waals surface area contributed by atoms with E-state index < -0.39 is 28.0 Å². The van der Waals surface area contributed by atoms with Crippen molar-refractivity contribution in [2.75, 3.05) is 13.2 Å². The number of aromatic nitrogens is 4. The van der Waals surface area contributed by atoms with E-state index in [9.17, 15) is 13.2 Å². The number of hydrogen-bond donors (Lipinski definition) is 2. The number of aryl methyl sites for hydroxylation is 1. The molecule has 6 rings (SSSR count). The summed E-state index contributed by atoms with van der Waals surface area (Å²) in [6.45, 7) is 7.70. The van der Waals surface area contributed by atoms with Crippen LogP contribution in [-0.4, -0.2) is 53.0 Å². The van der Waals surface area contributed by atoms with Gasteiger partial charge in [-0.2, -0.15) is 0 Å². The fourth-order valence-electron chi connectivity index (χ4n) is 6.01. The second kappa shape index (κ2) is 11.5. The Morgan fingerprint density at radius 1 is 1.14 bits per heavy atom. The molecule has 0 spiro atoms. The molecule has 0 amide bonds. The Balaban J connectivity index is 1.39. The highest BCUT2D eigenvalue weighted by atomic mass is 32.2. The Morgan fingerprint density at radius 3 is 2.60 bits per heavy atom. The maximum Gasteiger partial charge on any atom is 0.277 e. The highest BCUT2D eigenvalue weighted by Crippen LogP contribution is 2.36. The van der Waals surface area contributed by atoms with Crippen LogP contribution in [0.1, 0.15) is 75.6 Å². The van der Waals surface area contributed by atoms with Crippen LogP contribution in [0.4, 0.5) is 0 Å². The Morgan fingerprint density at radius 2 is 1.88 bits per heavy atom. The number of sulfonamides is 1. The van der Waals surface area contributed by atoms with Crippen LogP contribution < -0.4 is 15.0 Å². The van der Waals surface area contributed by atoms with Crippen molar-refractivity contribution in [2.45, 2.75) is 82.1 Å². The molecule has 2 aromatic heterocycles. The van der Waals surface area contributed by atoms with Gasteiger partial charge >= 0.3 is 0 Å². The number of hydrogen-bond acceptors (Lipinski definition) is 8. The number of H-pyrrole nitrogens is 1. The molecule has 3 heterocycles. The highest BCUT2D eigenvalue weighted by Gasteiger charge is 2.39. The topological polar surface area (TPSA) is 137 Å². The van der Waals surface area contributed by atoms with Crippen molar-refractivity contribution in [3.8, 4) is 17.1 Å². The molecule has 228 valence electrons. The molecule has 2 fully saturated rings. The van der Waals surface area contributed by atoms with Crippen molar-refractivity contribution in [1.82, 2.24) is 24.3 Å². The molecule has 1 aliphatic carbocycles. The van der Waals surface area contributed by atoms with Crippen LogP contribution in [0.15, 0.2) is 58.2 Å². The quantitative estimate of drug-likeness (QED) is 0.296. The average Bonchev–Trinajstić information content (AvgIpc) is 3.63. The van der Waals surface area contributed by atoms with E-state index in [2.05, 4.69) is 9.71 Å². The first kappa shape index (κ1) is 29.5. The first-order valence-electron chi connectivity index (χ1n) is 14.7. The molecular formula is C31H37N5O6S. The van der Waals surface area contributed by atoms with Gasteiger partial charge in [-0.05, 0) is 64.3 Å². The van der Waals surface area contributed by atoms with Gasteiger partial charge in [-0.25, -0.2) is 22.6 Å². The second-order valence-corrected chi connectivity index (χ2v) is 13.3. The molecule has 1 saturated heterocycles. The van der Waals surface area contributed by atoms with Crippen molar-refractivity contribution < 1.29 is 22.6 Å². The lowest BCUT2D eigenvalue weighted by molar-refractivity contribution is -0.283. The lowest BCUT2D eigenvalue weighted by Crippen LogP contribution is -2.51. The molecule has 0 radical (unpaired) electrons. The van der Waals surface area contributed by atoms with E-state index in [1.165, 1.54) is 12.1 Å². The number of nitrogens with one attached hydrogen (secondary N) is 2. The summed E-state index contributed by atoms with van der Waals surface area (Å²) >= 11 is 0. The van der Waals surface area contributed by atoms with Crippen LogP contribution in [0.3, 0.4) is 0 Å². The van der Waals surface area contributed by atoms with Crippen LogP contribution in [0.5, 0.6) is 5.75 Å². The average molecular weight is 608 g/mol. The van der Waals surface area contributed by atoms with E-state index in [0.717, 1.165) is 37.1 Å². The highest BCUT2D eigenvalue weighted by molar-refractivity contribution is 7.89. The lowest BCUT2D eigenvalue weighted by Gasteiger charge is -2.41. The SMILES string of the molecule is CCOc1ccc(S(=O)(=O)NC2COC(C)(C)OC2c2ccccc2)cc1-c1nn2c(C3CCCC3)nc(C)c2c(=O)[nH]1. The third kappa shape index (κ3) is 5.84. The summed E-state index contributed by atoms with van der Waals surface area (Å²) in [4.78, 5) is 20.8. The smallest absolute Gasteiger partial charge is 0.277 e. The fraction of sp³-hybridized carbons (Fsp3) is 0.452. The molecule has 2 aromatic carbocycles. The number of fused-ring (bicyclic) bond motifs is 1. The van der Waals surface area contributed by atoms with E-state index in [-0.39, 0.29) is 28.8 Å². The number of nitrogens with zero attached hydrogens (tertiary/aromatic N) is 3. The van der Waals surface area contributed by atoms with E-state index in [4.69, 9.17) is 24.3 Å². The monoisotopic (exact) mass is 607 g/mol. The summed E-state index contributed by atoms with van der Waals surface area (Å²) in [7, 11) is -4.07. The number of aromatic amines is 1. The van der Waals surface area contributed by atoms with Crippen LogP contribution in [0, 0.1) is 6.92 Å². The molecule has 2 aliphatic rings. The van der Waals surface area contributed by atoms with Gasteiger partial charge in [-0.15, -0.1) is 5.10 Å². The summed E-state index contributed by atoms with van der Waals surface area (Å²) in [5.41, 5.74) is 1.84. The normalized spacial score (nSPS) is 20.9. The van der Waals surface area contributed by atoms with Gasteiger partial charge in [0, 0.05) is 5.92 Å². The van der Waals surface area contributed by atoms with Gasteiger partial charge in [0.15, 0.2) is 17.1 Å². The molecule has 2 unspecified atom stereocenters. The van der Waals surface area contributed by atoms with Crippen molar-refractivity contribution >= 4 is 15.5 Å². The minimum Gasteiger partial charge on any atom is -0.493 e. The molecule has 1 saturated carbocycles. The third-order valence-electron chi connectivity index (χ3n) is 8.06. The zero-order valence-corrected chi connectivity index (χ0v) is 25.6. The van der Waals surface area contributed by atoms with Gasteiger partial charge in [0.25, 0.3) is 5.56 Å². The molecule has 2 atom stereocenters. The van der Waals surface area contributed by atoms with Crippen LogP contribution in [-0.2, 0) is 19.5 Å². The van der Waals surface area contributed by atoms with Crippen molar-refractivity contribution in [3.05, 3.63) is 76.0 Å². The molecule has 1 aliphatic heterocycles. The maximum absolute atomic E-state index is 13.8. The van der Waals surface area contributed by atoms with Gasteiger partial charge < -0.3 is 19.2 Å². The zero-order chi connectivity index (χ0) is 30.4. The largest absolute Gasteiger partial charge is 0.493 e. The van der Waals surface area contributed by atoms with Gasteiger partial charge in [0.2, 0.25) is 10.0 Å². The molecule has 11 nitrogen and oxygen atoms in total. The summed E-state index contributed by atoms with van der Waals surface area (Å²) in [5, 5.41) is 4.78. The van der Waals surface area contributed by atoms with Crippen LogP contribution in [0.2, 0.25) is 0 Å². The lowest BCUT2D eigenvalue weighted by atomic mass is 10.0. The Kier molecular flexibility index (Phi) is 7.88. The van der Waals surface area contributed by atoms with Crippen LogP contribution >= 0.6 is 0 Å². The van der Waals surface area contributed by atoms with Crippen molar-refractivity contribution in [1.29, 1.82) is 0 Å². The molecule has 0 bridgehead atoms. The predicted molar refractivity (Wildman–Crippen MR) is 161 cm³/mol. The molecule has 43 heavy (non-hydrogen) atoms. The third-order valence-corrected chi connectivity index (χ3v) is 9.55. The van der Waals surface area contributed by atoms with E-state index in [1.54, 1.807) is 31.4 Å². The predicted octanol–water partition coefficient (Wildman–Crippen LogP) is 4.62. The number of benzene rings is 2. The van der Waals surface area contributed by atoms with E-state index >= 15 is 0 Å². The second-order valence-electron chi connectivity index (χ2n) is 11.6. The molecular weight excluding hydrogens is 570 g/mol. The Bertz CT molecular complexity index is 1790. The van der Waals surface area contributed by atoms with Crippen molar-refractivity contribution in [3.63, 3.8) is 0 Å². The van der Waals surface area contributed by atoms with Gasteiger partial charge in [-0.1, -0.05) is 43.2 Å². The molecule has 12 heteroatoms. The standard InChI is InChI=1S/C31H37N5O6S/c1-5-40-25-16-15-22(43(38,39)35-24-18-41-31(3,4)42-27(24)20-11-7-6-8-12-20)17-23(25)28-33-30(37)26-19(2)32-29(36(26)34-28)21-13-9-10-14-21/h6-8,11-12,15-17,21,24,27,35H,5,9-10,13-14,18H2,1-4H3,(H,33,34,37). The summed E-state index contributed by atoms with van der Waals surface area (Å²) in [6, 6.07) is 13.3. The van der Waals surface area contributed by atoms with E-state index in [0.29, 0.717) is 29.1 Å². The summed E-state index contributed by atoms with van der Waals surface area (Å²) < 4.78 is 49.9. The number of ether oxygens (including phenoxy) is 3. The minimum atomic E-state index is -4.07. The minimum absolute atomic E-state index is 0.0110. The first-order valence-corrected chi connectivity index (χ1v) is 16.2. The maximum atomic E-state index is 13.8. The Hall–Kier alpha value is -3.58. The van der Waals surface area contributed by atoms with Gasteiger partial charge in [0.1, 0.15) is 17.7 Å². The fourth-order valence-corrected chi connectivity index (χ4v) is 7.26. The molecule has 2 N–H and O–H groups in total. The van der Waals surface area contributed by atoms with Gasteiger partial charge in [-0.3, -0.25) is 4.79 Å². The zero-order valence-electron chi connectivity index (χ0n) is 24.8. The first-order chi connectivity index (χ1) is 20.6. The summed E-state index contributed by atoms with van der Waals surface area (Å²) in [6.07, 6.45) is 3.62. The Labute approximate surface area is 250 Å². The number of rotatable bonds is 8. The van der Waals surface area contributed by atoms with Gasteiger partial charge in [0.05, 0.1) is 35.4 Å².